The molecule has 0 amide bonds. The molecular weight excluding hydrogens is 248 g/mol. The summed E-state index contributed by atoms with van der Waals surface area (Å²) in [6.07, 6.45) is 15.6. The van der Waals surface area contributed by atoms with Crippen LogP contribution in [-0.4, -0.2) is 11.1 Å². The summed E-state index contributed by atoms with van der Waals surface area (Å²) < 4.78 is 0. The molecule has 0 radical (unpaired) electrons. The van der Waals surface area contributed by atoms with Gasteiger partial charge in [-0.1, -0.05) is 57.9 Å². The molecule has 1 N–H and O–H groups in total. The van der Waals surface area contributed by atoms with Crippen molar-refractivity contribution in [2.24, 2.45) is 23.7 Å². The summed E-state index contributed by atoms with van der Waals surface area (Å²) in [5.41, 5.74) is 0.176. The summed E-state index contributed by atoms with van der Waals surface area (Å²) in [5, 5.41) is 7.89. The summed E-state index contributed by atoms with van der Waals surface area (Å²) in [4.78, 5) is 9.60. The van der Waals surface area contributed by atoms with Gasteiger partial charge in [-0.15, -0.1) is 0 Å². The van der Waals surface area contributed by atoms with Crippen molar-refractivity contribution >= 4 is 5.97 Å². The minimum absolute atomic E-state index is 0.176. The third-order valence-electron chi connectivity index (χ3n) is 5.63. The number of hydrogen-bond donors (Lipinski definition) is 1. The van der Waals surface area contributed by atoms with E-state index in [0.717, 1.165) is 0 Å². The Morgan fingerprint density at radius 2 is 1.00 bits per heavy atom. The molecule has 4 fully saturated rings. The Balaban J connectivity index is 0.000000111. The van der Waals surface area contributed by atoms with Gasteiger partial charge in [0.15, 0.2) is 0 Å². The molecule has 114 valence electrons. The second kappa shape index (κ2) is 7.28. The van der Waals surface area contributed by atoms with E-state index in [9.17, 15) is 4.79 Å². The molecular formula is C18H30O2. The van der Waals surface area contributed by atoms with Gasteiger partial charge in [-0.2, -0.15) is 0 Å². The lowest BCUT2D eigenvalue weighted by atomic mass is 10.0. The van der Waals surface area contributed by atoms with Crippen LogP contribution in [-0.2, 0) is 4.79 Å². The average molecular weight is 278 g/mol. The number of carboxylic acids is 1. The Hall–Kier alpha value is -0.790. The molecule has 0 aliphatic heterocycles. The highest BCUT2D eigenvalue weighted by atomic mass is 16.4. The van der Waals surface area contributed by atoms with Crippen LogP contribution < -0.4 is 0 Å². The topological polar surface area (TPSA) is 37.3 Å². The van der Waals surface area contributed by atoms with Crippen molar-refractivity contribution < 1.29 is 9.90 Å². The normalized spacial score (nSPS) is 35.9. The molecule has 0 aromatic rings. The standard InChI is InChI=1S/2C7H12.C4H6O2/c2*1-2-7-4-3-6(1)5-7;1-3(2)4(5)6/h2*6-7H,1-5H2;1H2,2H3,(H,5,6). The lowest BCUT2D eigenvalue weighted by Crippen LogP contribution is -1.92. The molecule has 4 rings (SSSR count). The monoisotopic (exact) mass is 278 g/mol. The average Bonchev–Trinajstić information content (AvgIpc) is 3.22. The Labute approximate surface area is 123 Å². The van der Waals surface area contributed by atoms with Crippen LogP contribution >= 0.6 is 0 Å². The zero-order valence-corrected chi connectivity index (χ0v) is 12.9. The number of carbonyl (C=O) groups is 1. The van der Waals surface area contributed by atoms with E-state index in [0.29, 0.717) is 0 Å². The SMILES string of the molecule is C1CC2CCC1C2.C1CC2CCC1C2.C=C(C)C(=O)O. The number of hydrogen-bond acceptors (Lipinski definition) is 1. The zero-order chi connectivity index (χ0) is 14.5. The predicted molar refractivity (Wildman–Crippen MR) is 82.6 cm³/mol. The Bertz CT molecular complexity index is 277. The van der Waals surface area contributed by atoms with E-state index in [-0.39, 0.29) is 5.57 Å². The fourth-order valence-corrected chi connectivity index (χ4v) is 4.35. The van der Waals surface area contributed by atoms with Gasteiger partial charge in [-0.05, 0) is 43.4 Å². The van der Waals surface area contributed by atoms with Crippen LogP contribution in [0.15, 0.2) is 12.2 Å². The van der Waals surface area contributed by atoms with Crippen LogP contribution in [0.25, 0.3) is 0 Å². The molecule has 4 aliphatic rings. The lowest BCUT2D eigenvalue weighted by molar-refractivity contribution is -0.132. The first kappa shape index (κ1) is 15.6. The van der Waals surface area contributed by atoms with Crippen molar-refractivity contribution in [3.63, 3.8) is 0 Å². The van der Waals surface area contributed by atoms with Crippen molar-refractivity contribution in [2.45, 2.75) is 71.1 Å². The highest BCUT2D eigenvalue weighted by Crippen LogP contribution is 2.44. The summed E-state index contributed by atoms with van der Waals surface area (Å²) in [5.74, 6) is 3.75. The minimum Gasteiger partial charge on any atom is -0.478 e. The smallest absolute Gasteiger partial charge is 0.330 e. The van der Waals surface area contributed by atoms with Crippen LogP contribution in [0, 0.1) is 23.7 Å². The maximum atomic E-state index is 9.60. The summed E-state index contributed by atoms with van der Waals surface area (Å²) in [6.45, 7) is 4.60. The van der Waals surface area contributed by atoms with Crippen LogP contribution in [0.1, 0.15) is 71.1 Å². The van der Waals surface area contributed by atoms with E-state index in [1.165, 1.54) is 30.6 Å². The second-order valence-electron chi connectivity index (χ2n) is 7.33. The lowest BCUT2D eigenvalue weighted by Gasteiger charge is -2.05. The number of rotatable bonds is 1. The summed E-state index contributed by atoms with van der Waals surface area (Å²) >= 11 is 0. The first-order chi connectivity index (χ1) is 9.54. The van der Waals surface area contributed by atoms with E-state index in [4.69, 9.17) is 5.11 Å². The van der Waals surface area contributed by atoms with E-state index in [1.807, 2.05) is 0 Å². The van der Waals surface area contributed by atoms with E-state index in [1.54, 1.807) is 64.2 Å². The number of aliphatic carboxylic acids is 1. The first-order valence-electron chi connectivity index (χ1n) is 8.43. The maximum absolute atomic E-state index is 9.60. The van der Waals surface area contributed by atoms with Crippen LogP contribution in [0.2, 0.25) is 0 Å². The predicted octanol–water partition coefficient (Wildman–Crippen LogP) is 5.04. The highest BCUT2D eigenvalue weighted by molar-refractivity contribution is 5.84. The van der Waals surface area contributed by atoms with Crippen LogP contribution in [0.5, 0.6) is 0 Å². The van der Waals surface area contributed by atoms with Crippen molar-refractivity contribution in [3.05, 3.63) is 12.2 Å². The van der Waals surface area contributed by atoms with Gasteiger partial charge in [-0.3, -0.25) is 0 Å². The molecule has 20 heavy (non-hydrogen) atoms. The van der Waals surface area contributed by atoms with Crippen molar-refractivity contribution in [3.8, 4) is 0 Å². The van der Waals surface area contributed by atoms with E-state index >= 15 is 0 Å². The van der Waals surface area contributed by atoms with Gasteiger partial charge in [-0.25, -0.2) is 4.79 Å². The minimum atomic E-state index is -0.935. The molecule has 2 heteroatoms. The summed E-state index contributed by atoms with van der Waals surface area (Å²) in [7, 11) is 0. The van der Waals surface area contributed by atoms with Crippen molar-refractivity contribution in [2.75, 3.05) is 0 Å². The van der Waals surface area contributed by atoms with Crippen molar-refractivity contribution in [1.82, 2.24) is 0 Å². The fraction of sp³-hybridized carbons (Fsp3) is 0.833. The molecule has 2 nitrogen and oxygen atoms in total. The quantitative estimate of drug-likeness (QED) is 0.682. The molecule has 0 aromatic carbocycles. The van der Waals surface area contributed by atoms with Gasteiger partial charge in [0, 0.05) is 5.57 Å². The highest BCUT2D eigenvalue weighted by Gasteiger charge is 2.31. The van der Waals surface area contributed by atoms with Gasteiger partial charge in [0.25, 0.3) is 0 Å². The van der Waals surface area contributed by atoms with Crippen LogP contribution in [0.4, 0.5) is 0 Å². The molecule has 0 saturated heterocycles. The Morgan fingerprint density at radius 3 is 1.05 bits per heavy atom. The maximum Gasteiger partial charge on any atom is 0.330 e. The van der Waals surface area contributed by atoms with Gasteiger partial charge >= 0.3 is 5.97 Å². The van der Waals surface area contributed by atoms with Gasteiger partial charge in [0.2, 0.25) is 0 Å². The number of carboxylic acid groups (broad SMARTS) is 1. The third-order valence-corrected chi connectivity index (χ3v) is 5.63. The molecule has 4 saturated carbocycles. The molecule has 0 aromatic heterocycles. The second-order valence-corrected chi connectivity index (χ2v) is 7.33. The molecule has 4 bridgehead atoms. The summed E-state index contributed by atoms with van der Waals surface area (Å²) in [6, 6.07) is 0. The van der Waals surface area contributed by atoms with Gasteiger partial charge in [0.05, 0.1) is 0 Å². The molecule has 0 unspecified atom stereocenters. The molecule has 0 atom stereocenters. The van der Waals surface area contributed by atoms with E-state index in [2.05, 4.69) is 6.58 Å². The fourth-order valence-electron chi connectivity index (χ4n) is 4.35. The molecule has 0 heterocycles. The largest absolute Gasteiger partial charge is 0.478 e. The Morgan fingerprint density at radius 1 is 0.800 bits per heavy atom. The zero-order valence-electron chi connectivity index (χ0n) is 12.9. The van der Waals surface area contributed by atoms with Crippen LogP contribution in [0.3, 0.4) is 0 Å². The Kier molecular flexibility index (Phi) is 5.68. The van der Waals surface area contributed by atoms with Gasteiger partial charge < -0.3 is 5.11 Å². The molecule has 0 spiro atoms. The molecule has 4 aliphatic carbocycles. The third kappa shape index (κ3) is 4.64. The van der Waals surface area contributed by atoms with Crippen molar-refractivity contribution in [1.29, 1.82) is 0 Å². The number of fused-ring (bicyclic) bond motifs is 4. The van der Waals surface area contributed by atoms with Gasteiger partial charge in [0.1, 0.15) is 0 Å². The first-order valence-corrected chi connectivity index (χ1v) is 8.43. The van der Waals surface area contributed by atoms with E-state index < -0.39 is 5.97 Å².